The second kappa shape index (κ2) is 8.59. The fourth-order valence-electron chi connectivity index (χ4n) is 2.22. The van der Waals surface area contributed by atoms with Gasteiger partial charge in [-0.1, -0.05) is 0 Å². The molecule has 1 aliphatic rings. The minimum Gasteiger partial charge on any atom is -0.390 e. The molecule has 1 aliphatic heterocycles. The molecule has 2 heterocycles. The normalized spacial score (nSPS) is 27.9. The first-order valence-electron chi connectivity index (χ1n) is 7.20. The van der Waals surface area contributed by atoms with Gasteiger partial charge in [0.15, 0.2) is 0 Å². The van der Waals surface area contributed by atoms with Gasteiger partial charge >= 0.3 is 29.2 Å². The molecule has 0 spiro atoms. The molecule has 6 atom stereocenters. The highest BCUT2D eigenvalue weighted by atomic mass is 31.3. The smallest absolute Gasteiger partial charge is 0.390 e. The van der Waals surface area contributed by atoms with E-state index in [0.29, 0.717) is 0 Å². The summed E-state index contributed by atoms with van der Waals surface area (Å²) >= 11 is 0. The van der Waals surface area contributed by atoms with Crippen molar-refractivity contribution in [2.24, 2.45) is 0 Å². The number of aliphatic hydroxyl groups excluding tert-OH is 1. The summed E-state index contributed by atoms with van der Waals surface area (Å²) in [4.78, 5) is 59.7. The van der Waals surface area contributed by atoms with Crippen molar-refractivity contribution in [2.45, 2.75) is 31.2 Å². The Morgan fingerprint density at radius 1 is 1.17 bits per heavy atom. The van der Waals surface area contributed by atoms with E-state index in [1.165, 1.54) is 0 Å². The molecule has 0 amide bonds. The van der Waals surface area contributed by atoms with Gasteiger partial charge in [0.2, 0.25) is 6.36 Å². The van der Waals surface area contributed by atoms with E-state index in [4.69, 9.17) is 19.4 Å². The van der Waals surface area contributed by atoms with Gasteiger partial charge in [0, 0.05) is 18.7 Å². The maximum absolute atomic E-state index is 14.2. The Bertz CT molecular complexity index is 1000. The van der Waals surface area contributed by atoms with Crippen LogP contribution < -0.4 is 11.2 Å². The predicted molar refractivity (Wildman–Crippen MR) is 85.7 cm³/mol. The van der Waals surface area contributed by atoms with Crippen molar-refractivity contribution in [3.05, 3.63) is 33.1 Å². The minimum absolute atomic E-state index is 0.420. The highest BCUT2D eigenvalue weighted by molar-refractivity contribution is 7.66. The van der Waals surface area contributed by atoms with Crippen molar-refractivity contribution < 1.29 is 60.6 Å². The van der Waals surface area contributed by atoms with E-state index in [1.54, 1.807) is 0 Å². The number of ether oxygens (including phenoxy) is 1. The number of nitrogens with one attached hydrogen (secondary N) is 1. The molecule has 1 aromatic rings. The van der Waals surface area contributed by atoms with Gasteiger partial charge in [-0.15, -0.1) is 0 Å². The summed E-state index contributed by atoms with van der Waals surface area (Å²) in [5.41, 5.74) is -1.70. The van der Waals surface area contributed by atoms with E-state index < -0.39 is 65.9 Å². The second-order valence-electron chi connectivity index (χ2n) is 5.42. The maximum atomic E-state index is 14.2. The average Bonchev–Trinajstić information content (AvgIpc) is 2.84. The van der Waals surface area contributed by atoms with Gasteiger partial charge in [-0.2, -0.15) is 8.62 Å². The second-order valence-corrected chi connectivity index (χ2v) is 9.80. The number of alkyl halides is 1. The Labute approximate surface area is 158 Å². The van der Waals surface area contributed by atoms with Crippen molar-refractivity contribution in [3.8, 4) is 0 Å². The number of aromatic amines is 1. The lowest BCUT2D eigenvalue weighted by atomic mass is 10.2. The van der Waals surface area contributed by atoms with Gasteiger partial charge in [0.25, 0.3) is 5.56 Å². The number of H-pyrrole nitrogens is 1. The highest BCUT2D eigenvalue weighted by Crippen LogP contribution is 2.66. The molecule has 1 fully saturated rings. The standard InChI is InChI=1S/C9H14FN2O14P3/c10-8(24-28(19,20)26-29(21,22)25-27(16,17)18)7-4(13)3-6(23-7)12-2-1-5(14)11-9(12)15/h1-2,4,6-8,13H,3H2,(H,19,20)(H,21,22)(H,11,14,15)(H2,16,17,18)/t4-,6+,7-,8?/m0/s1. The molecule has 29 heavy (non-hydrogen) atoms. The van der Waals surface area contributed by atoms with Crippen LogP contribution in [0.3, 0.4) is 0 Å². The van der Waals surface area contributed by atoms with E-state index in [1.807, 2.05) is 4.98 Å². The minimum atomic E-state index is -5.86. The van der Waals surface area contributed by atoms with Crippen LogP contribution in [-0.2, 0) is 31.6 Å². The van der Waals surface area contributed by atoms with Crippen molar-refractivity contribution in [1.82, 2.24) is 9.55 Å². The van der Waals surface area contributed by atoms with Crippen molar-refractivity contribution in [3.63, 3.8) is 0 Å². The lowest BCUT2D eigenvalue weighted by Gasteiger charge is -2.22. The molecule has 0 bridgehead atoms. The zero-order valence-electron chi connectivity index (χ0n) is 13.7. The van der Waals surface area contributed by atoms with Crippen LogP contribution in [-0.4, -0.2) is 52.8 Å². The molecule has 0 saturated carbocycles. The van der Waals surface area contributed by atoms with Crippen LogP contribution in [0.4, 0.5) is 4.39 Å². The van der Waals surface area contributed by atoms with Crippen LogP contribution in [0.15, 0.2) is 21.9 Å². The summed E-state index contributed by atoms with van der Waals surface area (Å²) < 4.78 is 64.0. The zero-order valence-corrected chi connectivity index (χ0v) is 16.4. The summed E-state index contributed by atoms with van der Waals surface area (Å²) in [6.45, 7) is 0. The zero-order chi connectivity index (χ0) is 22.2. The van der Waals surface area contributed by atoms with Crippen molar-refractivity contribution in [1.29, 1.82) is 0 Å². The van der Waals surface area contributed by atoms with Gasteiger partial charge in [0.1, 0.15) is 12.3 Å². The number of hydrogen-bond acceptors (Lipinski definition) is 10. The molecule has 166 valence electrons. The summed E-state index contributed by atoms with van der Waals surface area (Å²) in [5, 5.41) is 9.84. The van der Waals surface area contributed by atoms with E-state index in [-0.39, 0.29) is 0 Å². The van der Waals surface area contributed by atoms with Crippen LogP contribution in [0.5, 0.6) is 0 Å². The molecule has 0 aromatic carbocycles. The first-order chi connectivity index (χ1) is 13.1. The molecule has 20 heteroatoms. The Hall–Kier alpha value is -1.06. The lowest BCUT2D eigenvalue weighted by Crippen LogP contribution is -2.34. The molecule has 0 radical (unpaired) electrons. The van der Waals surface area contributed by atoms with E-state index in [9.17, 15) is 37.7 Å². The Kier molecular flexibility index (Phi) is 7.17. The summed E-state index contributed by atoms with van der Waals surface area (Å²) in [6, 6.07) is 0.934. The molecule has 6 N–H and O–H groups in total. The quantitative estimate of drug-likeness (QED) is 0.237. The molecule has 3 unspecified atom stereocenters. The summed E-state index contributed by atoms with van der Waals surface area (Å²) in [7, 11) is -17.3. The molecule has 0 aliphatic carbocycles. The highest BCUT2D eigenvalue weighted by Gasteiger charge is 2.47. The maximum Gasteiger partial charge on any atom is 0.490 e. The molecule has 16 nitrogen and oxygen atoms in total. The fraction of sp³-hybridized carbons (Fsp3) is 0.556. The number of nitrogens with zero attached hydrogens (tertiary/aromatic N) is 1. The Morgan fingerprint density at radius 3 is 2.34 bits per heavy atom. The first kappa shape index (κ1) is 24.2. The van der Waals surface area contributed by atoms with Crippen LogP contribution in [0, 0.1) is 0 Å². The van der Waals surface area contributed by atoms with Gasteiger partial charge in [0.05, 0.1) is 6.10 Å². The first-order valence-corrected chi connectivity index (χ1v) is 11.7. The summed E-state index contributed by atoms with van der Waals surface area (Å²) in [5.74, 6) is 0. The third kappa shape index (κ3) is 7.00. The molecular formula is C9H14FN2O14P3. The number of phosphoric ester groups is 1. The molecule has 1 aromatic heterocycles. The molecular weight excluding hydrogens is 472 g/mol. The number of aromatic nitrogens is 2. The van der Waals surface area contributed by atoms with Gasteiger partial charge in [-0.3, -0.25) is 14.3 Å². The van der Waals surface area contributed by atoms with Gasteiger partial charge in [-0.25, -0.2) is 27.4 Å². The van der Waals surface area contributed by atoms with E-state index >= 15 is 0 Å². The largest absolute Gasteiger partial charge is 0.490 e. The predicted octanol–water partition coefficient (Wildman–Crippen LogP) is -1.18. The van der Waals surface area contributed by atoms with Crippen molar-refractivity contribution in [2.75, 3.05) is 0 Å². The number of hydrogen-bond donors (Lipinski definition) is 6. The Morgan fingerprint density at radius 2 is 1.79 bits per heavy atom. The van der Waals surface area contributed by atoms with E-state index in [0.717, 1.165) is 16.8 Å². The third-order valence-corrected chi connectivity index (χ3v) is 7.00. The molecule has 2 rings (SSSR count). The summed E-state index contributed by atoms with van der Waals surface area (Å²) in [6.07, 6.45) is -7.43. The SMILES string of the molecule is O=c1ccn([C@H]2C[C@H](O)[C@@H](C(F)OP(=O)(O)OP(=O)(O)OP(=O)(O)O)O2)c(=O)[nH]1. The number of aliphatic hydroxyl groups is 1. The number of halogens is 1. The van der Waals surface area contributed by atoms with Gasteiger partial charge in [-0.05, 0) is 0 Å². The van der Waals surface area contributed by atoms with Crippen molar-refractivity contribution >= 4 is 23.5 Å². The van der Waals surface area contributed by atoms with E-state index in [2.05, 4.69) is 13.1 Å². The average molecular weight is 486 g/mol. The number of rotatable bonds is 8. The van der Waals surface area contributed by atoms with Crippen LogP contribution in [0.1, 0.15) is 12.6 Å². The van der Waals surface area contributed by atoms with Crippen LogP contribution in [0.25, 0.3) is 0 Å². The van der Waals surface area contributed by atoms with Crippen LogP contribution >= 0.6 is 23.5 Å². The van der Waals surface area contributed by atoms with Crippen LogP contribution in [0.2, 0.25) is 0 Å². The molecule has 1 saturated heterocycles. The van der Waals surface area contributed by atoms with Gasteiger partial charge < -0.3 is 29.4 Å². The monoisotopic (exact) mass is 486 g/mol. The topological polar surface area (TPSA) is 244 Å². The lowest BCUT2D eigenvalue weighted by molar-refractivity contribution is -0.125. The Balaban J connectivity index is 2.08. The number of phosphoric acid groups is 3. The fourth-order valence-corrected chi connectivity index (χ4v) is 5.26. The third-order valence-electron chi connectivity index (χ3n) is 3.21.